The number of nitrogens with one attached hydrogen (secondary N) is 1. The van der Waals surface area contributed by atoms with Crippen LogP contribution >= 0.6 is 0 Å². The molecule has 1 aromatic heterocycles. The molecule has 1 aromatic rings. The molecule has 0 radical (unpaired) electrons. The summed E-state index contributed by atoms with van der Waals surface area (Å²) < 4.78 is 0. The van der Waals surface area contributed by atoms with Crippen molar-refractivity contribution in [3.05, 3.63) is 29.1 Å². The lowest BCUT2D eigenvalue weighted by molar-refractivity contribution is -0.138. The third-order valence-corrected chi connectivity index (χ3v) is 3.66. The Morgan fingerprint density at radius 1 is 1.38 bits per heavy atom. The van der Waals surface area contributed by atoms with E-state index in [0.29, 0.717) is 24.1 Å². The number of amides is 1. The molecule has 0 aliphatic heterocycles. The number of hydrogen-bond acceptors (Lipinski definition) is 4. The van der Waals surface area contributed by atoms with E-state index in [9.17, 15) is 9.59 Å². The van der Waals surface area contributed by atoms with Gasteiger partial charge in [0.25, 0.3) is 5.91 Å². The van der Waals surface area contributed by atoms with E-state index in [2.05, 4.69) is 10.3 Å². The quantitative estimate of drug-likeness (QED) is 0.834. The molecule has 1 rings (SSSR count). The maximum absolute atomic E-state index is 12.3. The average Bonchev–Trinajstić information content (AvgIpc) is 2.45. The first-order chi connectivity index (χ1) is 9.87. The number of rotatable bonds is 6. The average molecular weight is 289 g/mol. The van der Waals surface area contributed by atoms with Crippen LogP contribution in [0.15, 0.2) is 12.1 Å². The summed E-state index contributed by atoms with van der Waals surface area (Å²) in [5, 5.41) is 20.6. The summed E-state index contributed by atoms with van der Waals surface area (Å²) in [6.07, 6.45) is 0.884. The van der Waals surface area contributed by atoms with Crippen LogP contribution in [0.5, 0.6) is 0 Å². The molecule has 1 heterocycles. The third kappa shape index (κ3) is 4.02. The zero-order chi connectivity index (χ0) is 16.0. The van der Waals surface area contributed by atoms with Gasteiger partial charge in [-0.1, -0.05) is 13.8 Å². The summed E-state index contributed by atoms with van der Waals surface area (Å²) in [4.78, 5) is 27.3. The lowest BCUT2D eigenvalue weighted by Crippen LogP contribution is -2.49. The van der Waals surface area contributed by atoms with Crippen molar-refractivity contribution in [2.24, 2.45) is 0 Å². The highest BCUT2D eigenvalue weighted by molar-refractivity contribution is 5.93. The predicted octanol–water partition coefficient (Wildman–Crippen LogP) is 2.03. The molecule has 21 heavy (non-hydrogen) atoms. The van der Waals surface area contributed by atoms with Gasteiger partial charge in [0.05, 0.1) is 23.2 Å². The molecule has 6 heteroatoms. The number of carbonyl (C=O) groups excluding carboxylic acids is 1. The molecule has 0 spiro atoms. The molecule has 0 saturated carbocycles. The topological polar surface area (TPSA) is 103 Å². The molecule has 112 valence electrons. The molecule has 0 aliphatic carbocycles. The normalized spacial score (nSPS) is 10.8. The molecule has 0 bridgehead atoms. The van der Waals surface area contributed by atoms with Crippen LogP contribution in [-0.2, 0) is 4.79 Å². The Hall–Kier alpha value is -2.42. The summed E-state index contributed by atoms with van der Waals surface area (Å²) in [6.45, 7) is 5.33. The van der Waals surface area contributed by atoms with Gasteiger partial charge in [-0.3, -0.25) is 9.59 Å². The number of carbonyl (C=O) groups is 2. The molecule has 1 amide bonds. The third-order valence-electron chi connectivity index (χ3n) is 3.66. The summed E-state index contributed by atoms with van der Waals surface area (Å²) in [7, 11) is 0. The number of hydrogen-bond donors (Lipinski definition) is 2. The smallest absolute Gasteiger partial charge is 0.305 e. The molecule has 2 N–H and O–H groups in total. The van der Waals surface area contributed by atoms with Crippen molar-refractivity contribution >= 4 is 11.9 Å². The molecule has 0 saturated heterocycles. The highest BCUT2D eigenvalue weighted by Crippen LogP contribution is 2.20. The van der Waals surface area contributed by atoms with Gasteiger partial charge in [-0.05, 0) is 31.9 Å². The second kappa shape index (κ2) is 6.84. The highest BCUT2D eigenvalue weighted by Gasteiger charge is 2.31. The highest BCUT2D eigenvalue weighted by atomic mass is 16.4. The van der Waals surface area contributed by atoms with Crippen LogP contribution in [0.1, 0.15) is 54.9 Å². The standard InChI is InChI=1S/C15H19N3O3/c1-4-15(5-2,8-13(19)20)18-14(21)12-7-6-11(9-16)10(3)17-12/h6-7H,4-5,8H2,1-3H3,(H,18,21)(H,19,20). The van der Waals surface area contributed by atoms with Gasteiger partial charge in [0, 0.05) is 0 Å². The van der Waals surface area contributed by atoms with E-state index in [0.717, 1.165) is 0 Å². The number of nitrogens with zero attached hydrogens (tertiary/aromatic N) is 2. The lowest BCUT2D eigenvalue weighted by Gasteiger charge is -2.31. The van der Waals surface area contributed by atoms with Crippen molar-refractivity contribution in [2.75, 3.05) is 0 Å². The van der Waals surface area contributed by atoms with Gasteiger partial charge in [0.15, 0.2) is 0 Å². The molecule has 6 nitrogen and oxygen atoms in total. The number of carboxylic acid groups (broad SMARTS) is 1. The van der Waals surface area contributed by atoms with E-state index in [1.165, 1.54) is 12.1 Å². The fourth-order valence-electron chi connectivity index (χ4n) is 2.12. The fourth-order valence-corrected chi connectivity index (χ4v) is 2.12. The minimum absolute atomic E-state index is 0.138. The van der Waals surface area contributed by atoms with Gasteiger partial charge >= 0.3 is 5.97 Å². The van der Waals surface area contributed by atoms with E-state index in [4.69, 9.17) is 10.4 Å². The van der Waals surface area contributed by atoms with E-state index < -0.39 is 17.4 Å². The minimum atomic E-state index is -0.956. The molecular formula is C15H19N3O3. The number of pyridine rings is 1. The maximum Gasteiger partial charge on any atom is 0.305 e. The van der Waals surface area contributed by atoms with Crippen molar-refractivity contribution < 1.29 is 14.7 Å². The Morgan fingerprint density at radius 3 is 2.43 bits per heavy atom. The van der Waals surface area contributed by atoms with Crippen LogP contribution in [0.25, 0.3) is 0 Å². The Labute approximate surface area is 123 Å². The second-order valence-electron chi connectivity index (χ2n) is 4.95. The first-order valence-electron chi connectivity index (χ1n) is 6.79. The summed E-state index contributed by atoms with van der Waals surface area (Å²) in [5.41, 5.74) is 0.284. The molecule has 0 unspecified atom stereocenters. The SMILES string of the molecule is CCC(CC)(CC(=O)O)NC(=O)c1ccc(C#N)c(C)n1. The Morgan fingerprint density at radius 2 is 2.00 bits per heavy atom. The van der Waals surface area contributed by atoms with Gasteiger partial charge in [-0.15, -0.1) is 0 Å². The fraction of sp³-hybridized carbons (Fsp3) is 0.467. The first kappa shape index (κ1) is 16.6. The number of aromatic nitrogens is 1. The number of aryl methyl sites for hydroxylation is 1. The van der Waals surface area contributed by atoms with E-state index in [1.54, 1.807) is 6.92 Å². The second-order valence-corrected chi connectivity index (χ2v) is 4.95. The van der Waals surface area contributed by atoms with Crippen LogP contribution in [0.4, 0.5) is 0 Å². The van der Waals surface area contributed by atoms with Crippen LogP contribution in [0.2, 0.25) is 0 Å². The summed E-state index contributed by atoms with van der Waals surface area (Å²) in [6, 6.07) is 4.99. The van der Waals surface area contributed by atoms with Crippen molar-refractivity contribution in [3.63, 3.8) is 0 Å². The molecular weight excluding hydrogens is 270 g/mol. The predicted molar refractivity (Wildman–Crippen MR) is 76.7 cm³/mol. The largest absolute Gasteiger partial charge is 0.481 e. The van der Waals surface area contributed by atoms with Gasteiger partial charge in [-0.2, -0.15) is 5.26 Å². The molecule has 0 atom stereocenters. The summed E-state index contributed by atoms with van der Waals surface area (Å²) in [5.74, 6) is -1.38. The van der Waals surface area contributed by atoms with Crippen molar-refractivity contribution in [1.82, 2.24) is 10.3 Å². The van der Waals surface area contributed by atoms with Gasteiger partial charge < -0.3 is 10.4 Å². The number of nitriles is 1. The lowest BCUT2D eigenvalue weighted by atomic mass is 9.88. The number of carboxylic acids is 1. The Bertz CT molecular complexity index is 586. The van der Waals surface area contributed by atoms with Gasteiger partial charge in [0.2, 0.25) is 0 Å². The monoisotopic (exact) mass is 289 g/mol. The van der Waals surface area contributed by atoms with Crippen LogP contribution in [0.3, 0.4) is 0 Å². The van der Waals surface area contributed by atoms with E-state index >= 15 is 0 Å². The first-order valence-corrected chi connectivity index (χ1v) is 6.79. The van der Waals surface area contributed by atoms with Gasteiger partial charge in [0.1, 0.15) is 11.8 Å². The van der Waals surface area contributed by atoms with E-state index in [1.807, 2.05) is 19.9 Å². The Balaban J connectivity index is 3.00. The van der Waals surface area contributed by atoms with Crippen LogP contribution in [0, 0.1) is 18.3 Å². The molecule has 0 fully saturated rings. The number of aliphatic carboxylic acids is 1. The summed E-state index contributed by atoms with van der Waals surface area (Å²) >= 11 is 0. The van der Waals surface area contributed by atoms with Gasteiger partial charge in [-0.25, -0.2) is 4.98 Å². The Kier molecular flexibility index (Phi) is 5.42. The van der Waals surface area contributed by atoms with Crippen molar-refractivity contribution in [1.29, 1.82) is 5.26 Å². The van der Waals surface area contributed by atoms with Crippen molar-refractivity contribution in [2.45, 2.75) is 45.6 Å². The van der Waals surface area contributed by atoms with Crippen LogP contribution in [-0.4, -0.2) is 27.5 Å². The minimum Gasteiger partial charge on any atom is -0.481 e. The maximum atomic E-state index is 12.3. The van der Waals surface area contributed by atoms with E-state index in [-0.39, 0.29) is 12.1 Å². The zero-order valence-electron chi connectivity index (χ0n) is 12.4. The molecule has 0 aliphatic rings. The zero-order valence-corrected chi connectivity index (χ0v) is 12.4. The van der Waals surface area contributed by atoms with Crippen molar-refractivity contribution in [3.8, 4) is 6.07 Å². The van der Waals surface area contributed by atoms with Crippen LogP contribution < -0.4 is 5.32 Å². The molecule has 0 aromatic carbocycles.